The van der Waals surface area contributed by atoms with Gasteiger partial charge < -0.3 is 14.4 Å². The topological polar surface area (TPSA) is 47.3 Å². The predicted octanol–water partition coefficient (Wildman–Crippen LogP) is 3.17. The molecule has 1 N–H and O–H groups in total. The SMILES string of the molecule is COc1ccc2c(c1)nc(CO)n2CCCc1ccccc1. The van der Waals surface area contributed by atoms with Crippen molar-refractivity contribution >= 4 is 11.0 Å². The van der Waals surface area contributed by atoms with Gasteiger partial charge in [-0.2, -0.15) is 0 Å². The smallest absolute Gasteiger partial charge is 0.135 e. The van der Waals surface area contributed by atoms with E-state index >= 15 is 0 Å². The third-order valence-corrected chi connectivity index (χ3v) is 3.87. The molecule has 0 amide bonds. The van der Waals surface area contributed by atoms with E-state index in [0.29, 0.717) is 5.82 Å². The number of hydrogen-bond donors (Lipinski definition) is 1. The molecule has 4 nitrogen and oxygen atoms in total. The molecule has 0 aliphatic heterocycles. The van der Waals surface area contributed by atoms with Gasteiger partial charge in [0, 0.05) is 12.6 Å². The van der Waals surface area contributed by atoms with Gasteiger partial charge in [0.2, 0.25) is 0 Å². The Morgan fingerprint density at radius 3 is 2.68 bits per heavy atom. The van der Waals surface area contributed by atoms with Crippen LogP contribution in [-0.2, 0) is 19.6 Å². The third-order valence-electron chi connectivity index (χ3n) is 3.87. The molecule has 0 fully saturated rings. The summed E-state index contributed by atoms with van der Waals surface area (Å²) in [7, 11) is 1.64. The maximum absolute atomic E-state index is 9.55. The van der Waals surface area contributed by atoms with E-state index in [4.69, 9.17) is 4.74 Å². The molecule has 0 saturated carbocycles. The summed E-state index contributed by atoms with van der Waals surface area (Å²) in [6.07, 6.45) is 2.02. The molecule has 3 rings (SSSR count). The van der Waals surface area contributed by atoms with Crippen LogP contribution in [-0.4, -0.2) is 21.8 Å². The van der Waals surface area contributed by atoms with Crippen molar-refractivity contribution in [2.75, 3.05) is 7.11 Å². The van der Waals surface area contributed by atoms with Gasteiger partial charge in [0.1, 0.15) is 18.2 Å². The van der Waals surface area contributed by atoms with E-state index in [1.807, 2.05) is 24.3 Å². The molecule has 0 radical (unpaired) electrons. The summed E-state index contributed by atoms with van der Waals surface area (Å²) in [5.41, 5.74) is 3.24. The zero-order valence-electron chi connectivity index (χ0n) is 12.7. The van der Waals surface area contributed by atoms with Crippen LogP contribution >= 0.6 is 0 Å². The van der Waals surface area contributed by atoms with E-state index in [1.54, 1.807) is 7.11 Å². The molecule has 0 aliphatic rings. The second-order valence-corrected chi connectivity index (χ2v) is 5.28. The number of methoxy groups -OCH3 is 1. The molecule has 4 heteroatoms. The van der Waals surface area contributed by atoms with Crippen LogP contribution in [0, 0.1) is 0 Å². The summed E-state index contributed by atoms with van der Waals surface area (Å²) in [4.78, 5) is 4.50. The third kappa shape index (κ3) is 2.97. The van der Waals surface area contributed by atoms with Crippen LogP contribution in [0.25, 0.3) is 11.0 Å². The molecule has 0 saturated heterocycles. The lowest BCUT2D eigenvalue weighted by Crippen LogP contribution is -2.05. The lowest BCUT2D eigenvalue weighted by Gasteiger charge is -2.08. The monoisotopic (exact) mass is 296 g/mol. The molecule has 0 bridgehead atoms. The molecule has 1 aromatic heterocycles. The largest absolute Gasteiger partial charge is 0.497 e. The minimum atomic E-state index is -0.0532. The van der Waals surface area contributed by atoms with E-state index in [9.17, 15) is 5.11 Å². The quantitative estimate of drug-likeness (QED) is 0.760. The number of nitrogens with zero attached hydrogens (tertiary/aromatic N) is 2. The molecule has 2 aromatic carbocycles. The number of rotatable bonds is 6. The first-order valence-corrected chi connectivity index (χ1v) is 7.50. The van der Waals surface area contributed by atoms with Crippen LogP contribution < -0.4 is 4.74 Å². The number of hydrogen-bond acceptors (Lipinski definition) is 3. The van der Waals surface area contributed by atoms with Crippen molar-refractivity contribution in [2.24, 2.45) is 0 Å². The van der Waals surface area contributed by atoms with Crippen LogP contribution in [0.2, 0.25) is 0 Å². The molecular formula is C18H20N2O2. The number of aliphatic hydroxyl groups is 1. The number of fused-ring (bicyclic) bond motifs is 1. The summed E-state index contributed by atoms with van der Waals surface area (Å²) in [5, 5.41) is 9.55. The Hall–Kier alpha value is -2.33. The fourth-order valence-electron chi connectivity index (χ4n) is 2.74. The lowest BCUT2D eigenvalue weighted by molar-refractivity contribution is 0.265. The maximum atomic E-state index is 9.55. The van der Waals surface area contributed by atoms with E-state index in [2.05, 4.69) is 33.8 Å². The summed E-state index contributed by atoms with van der Waals surface area (Å²) in [6.45, 7) is 0.788. The molecule has 22 heavy (non-hydrogen) atoms. The average Bonchev–Trinajstić information content (AvgIpc) is 2.93. The number of benzene rings is 2. The van der Waals surface area contributed by atoms with E-state index in [-0.39, 0.29) is 6.61 Å². The zero-order valence-corrected chi connectivity index (χ0v) is 12.7. The Morgan fingerprint density at radius 2 is 1.95 bits per heavy atom. The molecule has 0 atom stereocenters. The second-order valence-electron chi connectivity index (χ2n) is 5.28. The molecular weight excluding hydrogens is 276 g/mol. The molecule has 1 heterocycles. The van der Waals surface area contributed by atoms with Gasteiger partial charge in [-0.15, -0.1) is 0 Å². The fourth-order valence-corrected chi connectivity index (χ4v) is 2.74. The van der Waals surface area contributed by atoms with Crippen molar-refractivity contribution in [3.8, 4) is 5.75 Å². The normalized spacial score (nSPS) is 11.0. The van der Waals surface area contributed by atoms with Gasteiger partial charge in [-0.05, 0) is 30.5 Å². The molecule has 0 aliphatic carbocycles. The van der Waals surface area contributed by atoms with Crippen molar-refractivity contribution < 1.29 is 9.84 Å². The molecule has 0 unspecified atom stereocenters. The minimum absolute atomic E-state index is 0.0532. The van der Waals surface area contributed by atoms with Gasteiger partial charge in [0.05, 0.1) is 18.1 Å². The van der Waals surface area contributed by atoms with Gasteiger partial charge in [0.25, 0.3) is 0 Å². The first kappa shape index (κ1) is 14.6. The molecule has 3 aromatic rings. The second kappa shape index (κ2) is 6.62. The summed E-state index contributed by atoms with van der Waals surface area (Å²) >= 11 is 0. The highest BCUT2D eigenvalue weighted by Gasteiger charge is 2.10. The van der Waals surface area contributed by atoms with Gasteiger partial charge in [-0.1, -0.05) is 30.3 Å². The zero-order chi connectivity index (χ0) is 15.4. The van der Waals surface area contributed by atoms with Crippen LogP contribution in [0.1, 0.15) is 17.8 Å². The van der Waals surface area contributed by atoms with Crippen LogP contribution in [0.3, 0.4) is 0 Å². The van der Waals surface area contributed by atoms with Crippen molar-refractivity contribution in [2.45, 2.75) is 26.0 Å². The number of aliphatic hydroxyl groups excluding tert-OH is 1. The standard InChI is InChI=1S/C18H20N2O2/c1-22-15-9-10-17-16(12-15)19-18(13-21)20(17)11-5-8-14-6-3-2-4-7-14/h2-4,6-7,9-10,12,21H,5,8,11,13H2,1H3. The Bertz CT molecular complexity index is 750. The Balaban J connectivity index is 1.80. The number of aryl methyl sites for hydroxylation is 2. The van der Waals surface area contributed by atoms with Crippen LogP contribution in [0.4, 0.5) is 0 Å². The van der Waals surface area contributed by atoms with Gasteiger partial charge in [0.15, 0.2) is 0 Å². The maximum Gasteiger partial charge on any atom is 0.135 e. The average molecular weight is 296 g/mol. The first-order chi connectivity index (χ1) is 10.8. The number of imidazole rings is 1. The number of ether oxygens (including phenoxy) is 1. The summed E-state index contributed by atoms with van der Waals surface area (Å²) < 4.78 is 7.33. The van der Waals surface area contributed by atoms with Crippen LogP contribution in [0.15, 0.2) is 48.5 Å². The Kier molecular flexibility index (Phi) is 4.39. The fraction of sp³-hybridized carbons (Fsp3) is 0.278. The summed E-state index contributed by atoms with van der Waals surface area (Å²) in [6, 6.07) is 16.3. The van der Waals surface area contributed by atoms with Crippen LogP contribution in [0.5, 0.6) is 5.75 Å². The number of aromatic nitrogens is 2. The van der Waals surface area contributed by atoms with Crippen molar-refractivity contribution in [1.82, 2.24) is 9.55 Å². The Labute approximate surface area is 130 Å². The first-order valence-electron chi connectivity index (χ1n) is 7.50. The van der Waals surface area contributed by atoms with Gasteiger partial charge in [-0.3, -0.25) is 0 Å². The van der Waals surface area contributed by atoms with Crippen molar-refractivity contribution in [1.29, 1.82) is 0 Å². The van der Waals surface area contributed by atoms with E-state index in [1.165, 1.54) is 5.56 Å². The molecule has 0 spiro atoms. The van der Waals surface area contributed by atoms with Gasteiger partial charge in [-0.25, -0.2) is 4.98 Å². The summed E-state index contributed by atoms with van der Waals surface area (Å²) in [5.74, 6) is 1.49. The highest BCUT2D eigenvalue weighted by atomic mass is 16.5. The van der Waals surface area contributed by atoms with E-state index < -0.39 is 0 Å². The predicted molar refractivity (Wildman–Crippen MR) is 87.0 cm³/mol. The molecule has 114 valence electrons. The lowest BCUT2D eigenvalue weighted by atomic mass is 10.1. The Morgan fingerprint density at radius 1 is 1.14 bits per heavy atom. The highest BCUT2D eigenvalue weighted by molar-refractivity contribution is 5.77. The van der Waals surface area contributed by atoms with E-state index in [0.717, 1.165) is 36.2 Å². The highest BCUT2D eigenvalue weighted by Crippen LogP contribution is 2.22. The van der Waals surface area contributed by atoms with Gasteiger partial charge >= 0.3 is 0 Å². The van der Waals surface area contributed by atoms with Crippen molar-refractivity contribution in [3.63, 3.8) is 0 Å². The van der Waals surface area contributed by atoms with Crippen molar-refractivity contribution in [3.05, 3.63) is 59.9 Å². The minimum Gasteiger partial charge on any atom is -0.497 e.